The molecule has 128 valence electrons. The number of amides is 1. The maximum atomic E-state index is 12.3. The first-order chi connectivity index (χ1) is 12.0. The van der Waals surface area contributed by atoms with Crippen LogP contribution in [0.2, 0.25) is 10.0 Å². The third kappa shape index (κ3) is 3.75. The summed E-state index contributed by atoms with van der Waals surface area (Å²) in [5.41, 5.74) is 1.30. The SMILES string of the molecule is Cn1cc(C(=O)OCC(=O)Nc2ncc(Cl)cc2Cl)c2ccccc21. The van der Waals surface area contributed by atoms with Crippen molar-refractivity contribution >= 4 is 51.8 Å². The normalized spacial score (nSPS) is 10.7. The van der Waals surface area contributed by atoms with E-state index in [2.05, 4.69) is 10.3 Å². The molecule has 1 amide bonds. The van der Waals surface area contributed by atoms with E-state index in [-0.39, 0.29) is 10.8 Å². The number of anilines is 1. The molecule has 8 heteroatoms. The number of carbonyl (C=O) groups excluding carboxylic acids is 2. The third-order valence-electron chi connectivity index (χ3n) is 3.52. The number of esters is 1. The van der Waals surface area contributed by atoms with E-state index in [1.807, 2.05) is 35.9 Å². The monoisotopic (exact) mass is 377 g/mol. The number of ether oxygens (including phenoxy) is 1. The lowest BCUT2D eigenvalue weighted by Crippen LogP contribution is -2.21. The number of hydrogen-bond donors (Lipinski definition) is 1. The number of carbonyl (C=O) groups is 2. The number of aromatic nitrogens is 2. The van der Waals surface area contributed by atoms with Crippen molar-refractivity contribution in [1.29, 1.82) is 0 Å². The predicted octanol–water partition coefficient (Wildman–Crippen LogP) is 3.68. The van der Waals surface area contributed by atoms with Gasteiger partial charge < -0.3 is 14.6 Å². The second-order valence-electron chi connectivity index (χ2n) is 5.28. The molecule has 6 nitrogen and oxygen atoms in total. The highest BCUT2D eigenvalue weighted by Gasteiger charge is 2.17. The number of pyridine rings is 1. The van der Waals surface area contributed by atoms with Crippen LogP contribution < -0.4 is 5.32 Å². The van der Waals surface area contributed by atoms with Crippen molar-refractivity contribution in [1.82, 2.24) is 9.55 Å². The lowest BCUT2D eigenvalue weighted by molar-refractivity contribution is -0.119. The Hall–Kier alpha value is -2.57. The second kappa shape index (κ2) is 7.13. The van der Waals surface area contributed by atoms with Gasteiger partial charge in [0.2, 0.25) is 0 Å². The molecule has 1 aromatic carbocycles. The molecule has 0 radical (unpaired) electrons. The molecule has 2 heterocycles. The summed E-state index contributed by atoms with van der Waals surface area (Å²) in [6.07, 6.45) is 3.02. The number of hydrogen-bond acceptors (Lipinski definition) is 4. The highest BCUT2D eigenvalue weighted by molar-refractivity contribution is 6.36. The van der Waals surface area contributed by atoms with Crippen molar-refractivity contribution in [3.8, 4) is 0 Å². The van der Waals surface area contributed by atoms with Gasteiger partial charge in [-0.15, -0.1) is 0 Å². The molecular weight excluding hydrogens is 365 g/mol. The maximum absolute atomic E-state index is 12.3. The molecule has 0 saturated heterocycles. The Kier molecular flexibility index (Phi) is 4.92. The van der Waals surface area contributed by atoms with E-state index in [1.54, 1.807) is 6.20 Å². The third-order valence-corrected chi connectivity index (χ3v) is 4.01. The zero-order valence-corrected chi connectivity index (χ0v) is 14.6. The molecule has 0 saturated carbocycles. The highest BCUT2D eigenvalue weighted by atomic mass is 35.5. The fraction of sp³-hybridized carbons (Fsp3) is 0.118. The van der Waals surface area contributed by atoms with E-state index >= 15 is 0 Å². The number of rotatable bonds is 4. The summed E-state index contributed by atoms with van der Waals surface area (Å²) in [5, 5.41) is 3.77. The molecule has 25 heavy (non-hydrogen) atoms. The van der Waals surface area contributed by atoms with Crippen LogP contribution in [0, 0.1) is 0 Å². The van der Waals surface area contributed by atoms with Crippen LogP contribution in [0.4, 0.5) is 5.82 Å². The minimum absolute atomic E-state index is 0.150. The number of halogens is 2. The van der Waals surface area contributed by atoms with E-state index in [0.717, 1.165) is 10.9 Å². The van der Waals surface area contributed by atoms with Crippen LogP contribution in [0.25, 0.3) is 10.9 Å². The first-order valence-electron chi connectivity index (χ1n) is 7.28. The van der Waals surface area contributed by atoms with Crippen LogP contribution in [0.3, 0.4) is 0 Å². The largest absolute Gasteiger partial charge is 0.452 e. The van der Waals surface area contributed by atoms with Crippen molar-refractivity contribution in [3.63, 3.8) is 0 Å². The van der Waals surface area contributed by atoms with Crippen molar-refractivity contribution < 1.29 is 14.3 Å². The van der Waals surface area contributed by atoms with Gasteiger partial charge in [-0.2, -0.15) is 0 Å². The number of benzene rings is 1. The minimum atomic E-state index is -0.581. The van der Waals surface area contributed by atoms with Gasteiger partial charge >= 0.3 is 5.97 Å². The lowest BCUT2D eigenvalue weighted by atomic mass is 10.2. The van der Waals surface area contributed by atoms with Gasteiger partial charge in [-0.3, -0.25) is 4.79 Å². The summed E-state index contributed by atoms with van der Waals surface area (Å²) >= 11 is 11.7. The van der Waals surface area contributed by atoms with E-state index in [1.165, 1.54) is 12.3 Å². The fourth-order valence-electron chi connectivity index (χ4n) is 2.39. The summed E-state index contributed by atoms with van der Waals surface area (Å²) in [5.74, 6) is -0.982. The Morgan fingerprint density at radius 3 is 2.80 bits per heavy atom. The van der Waals surface area contributed by atoms with Crippen LogP contribution in [-0.2, 0) is 16.6 Å². The van der Waals surface area contributed by atoms with Crippen molar-refractivity contribution in [3.05, 3.63) is 58.3 Å². The van der Waals surface area contributed by atoms with Crippen LogP contribution in [0.1, 0.15) is 10.4 Å². The number of para-hydroxylation sites is 1. The Balaban J connectivity index is 1.66. The summed E-state index contributed by atoms with van der Waals surface area (Å²) < 4.78 is 6.91. The van der Waals surface area contributed by atoms with Crippen LogP contribution >= 0.6 is 23.2 Å². The average molecular weight is 378 g/mol. The van der Waals surface area contributed by atoms with E-state index in [0.29, 0.717) is 10.6 Å². The van der Waals surface area contributed by atoms with Crippen molar-refractivity contribution in [2.75, 3.05) is 11.9 Å². The summed E-state index contributed by atoms with van der Waals surface area (Å²) in [7, 11) is 1.83. The zero-order valence-electron chi connectivity index (χ0n) is 13.1. The molecule has 2 aromatic heterocycles. The van der Waals surface area contributed by atoms with E-state index in [4.69, 9.17) is 27.9 Å². The summed E-state index contributed by atoms with van der Waals surface area (Å²) in [6.45, 7) is -0.456. The predicted molar refractivity (Wildman–Crippen MR) is 96.1 cm³/mol. The molecular formula is C17H13Cl2N3O3. The van der Waals surface area contributed by atoms with Gasteiger partial charge in [0.05, 0.1) is 15.6 Å². The Morgan fingerprint density at radius 1 is 1.28 bits per heavy atom. The first-order valence-corrected chi connectivity index (χ1v) is 8.03. The first kappa shape index (κ1) is 17.3. The number of fused-ring (bicyclic) bond motifs is 1. The second-order valence-corrected chi connectivity index (χ2v) is 6.12. The topological polar surface area (TPSA) is 73.2 Å². The Bertz CT molecular complexity index is 969. The number of nitrogens with one attached hydrogen (secondary N) is 1. The number of nitrogens with zero attached hydrogens (tertiary/aromatic N) is 2. The molecule has 1 N–H and O–H groups in total. The zero-order chi connectivity index (χ0) is 18.0. The molecule has 0 aliphatic carbocycles. The van der Waals surface area contributed by atoms with Crippen molar-refractivity contribution in [2.24, 2.45) is 7.05 Å². The van der Waals surface area contributed by atoms with Crippen LogP contribution in [0.15, 0.2) is 42.7 Å². The van der Waals surface area contributed by atoms with Gasteiger partial charge in [0.25, 0.3) is 5.91 Å². The van der Waals surface area contributed by atoms with Crippen LogP contribution in [-0.4, -0.2) is 28.0 Å². The molecule has 0 aliphatic heterocycles. The smallest absolute Gasteiger partial charge is 0.340 e. The van der Waals surface area contributed by atoms with E-state index < -0.39 is 18.5 Å². The number of aryl methyl sites for hydroxylation is 1. The fourth-order valence-corrected chi connectivity index (χ4v) is 2.82. The van der Waals surface area contributed by atoms with Gasteiger partial charge in [0, 0.05) is 30.3 Å². The Labute approximate surface area is 153 Å². The van der Waals surface area contributed by atoms with Gasteiger partial charge in [0.1, 0.15) is 0 Å². The molecule has 0 fully saturated rings. The van der Waals surface area contributed by atoms with Gasteiger partial charge in [-0.05, 0) is 12.1 Å². The quantitative estimate of drug-likeness (QED) is 0.703. The maximum Gasteiger partial charge on any atom is 0.340 e. The Morgan fingerprint density at radius 2 is 2.04 bits per heavy atom. The van der Waals surface area contributed by atoms with Gasteiger partial charge in [0.15, 0.2) is 12.4 Å². The average Bonchev–Trinajstić information content (AvgIpc) is 2.93. The molecule has 0 bridgehead atoms. The van der Waals surface area contributed by atoms with Crippen LogP contribution in [0.5, 0.6) is 0 Å². The minimum Gasteiger partial charge on any atom is -0.452 e. The molecule has 0 atom stereocenters. The summed E-state index contributed by atoms with van der Waals surface area (Å²) in [6, 6.07) is 8.89. The van der Waals surface area contributed by atoms with E-state index in [9.17, 15) is 9.59 Å². The molecule has 0 aliphatic rings. The summed E-state index contributed by atoms with van der Waals surface area (Å²) in [4.78, 5) is 28.1. The molecule has 3 rings (SSSR count). The van der Waals surface area contributed by atoms with Gasteiger partial charge in [-0.1, -0.05) is 41.4 Å². The lowest BCUT2D eigenvalue weighted by Gasteiger charge is -2.07. The molecule has 0 spiro atoms. The van der Waals surface area contributed by atoms with Gasteiger partial charge in [-0.25, -0.2) is 9.78 Å². The highest BCUT2D eigenvalue weighted by Crippen LogP contribution is 2.23. The van der Waals surface area contributed by atoms with Crippen molar-refractivity contribution in [2.45, 2.75) is 0 Å². The molecule has 0 unspecified atom stereocenters. The standard InChI is InChI=1S/C17H13Cl2N3O3/c1-22-8-12(11-4-2-3-5-14(11)22)17(24)25-9-15(23)21-16-13(19)6-10(18)7-20-16/h2-8H,9H2,1H3,(H,20,21,23). The molecule has 3 aromatic rings.